The third-order valence-corrected chi connectivity index (χ3v) is 4.97. The molecule has 0 radical (unpaired) electrons. The van der Waals surface area contributed by atoms with Crippen molar-refractivity contribution < 1.29 is 13.2 Å². The van der Waals surface area contributed by atoms with E-state index in [9.17, 15) is 13.2 Å². The lowest BCUT2D eigenvalue weighted by atomic mass is 10.0. The Kier molecular flexibility index (Phi) is 4.94. The van der Waals surface area contributed by atoms with Crippen LogP contribution in [0.5, 0.6) is 0 Å². The molecular weight excluding hydrogens is 240 g/mol. The summed E-state index contributed by atoms with van der Waals surface area (Å²) < 4.78 is 24.2. The Morgan fingerprint density at radius 2 is 2.06 bits per heavy atom. The molecule has 1 fully saturated rings. The second-order valence-corrected chi connectivity index (χ2v) is 7.24. The number of carbonyl (C=O) groups is 1. The highest BCUT2D eigenvalue weighted by molar-refractivity contribution is 7.89. The molecule has 100 valence electrons. The average Bonchev–Trinajstić information content (AvgIpc) is 2.25. The maximum absolute atomic E-state index is 11.9. The Balaban J connectivity index is 2.45. The summed E-state index contributed by atoms with van der Waals surface area (Å²) in [5.41, 5.74) is 0. The zero-order valence-corrected chi connectivity index (χ0v) is 11.7. The van der Waals surface area contributed by atoms with Crippen LogP contribution in [0, 0.1) is 5.92 Å². The highest BCUT2D eigenvalue weighted by Gasteiger charge is 2.23. The van der Waals surface area contributed by atoms with E-state index in [0.29, 0.717) is 5.92 Å². The lowest BCUT2D eigenvalue weighted by Crippen LogP contribution is -2.40. The van der Waals surface area contributed by atoms with Crippen molar-refractivity contribution in [3.8, 4) is 0 Å². The molecule has 1 aliphatic rings. The molecule has 1 rings (SSSR count). The normalized spacial score (nSPS) is 21.9. The standard InChI is InChI=1S/C11H22N2O3S/c1-10-5-4-7-13(9-10)11(14)6-8-17(15,16)12(2)3/h10H,4-9H2,1-3H3. The maximum atomic E-state index is 11.9. The van der Waals surface area contributed by atoms with Gasteiger partial charge >= 0.3 is 0 Å². The van der Waals surface area contributed by atoms with Crippen molar-refractivity contribution in [3.63, 3.8) is 0 Å². The van der Waals surface area contributed by atoms with Crippen LogP contribution in [-0.4, -0.2) is 56.5 Å². The summed E-state index contributed by atoms with van der Waals surface area (Å²) in [6.07, 6.45) is 2.26. The quantitative estimate of drug-likeness (QED) is 0.742. The average molecular weight is 262 g/mol. The van der Waals surface area contributed by atoms with Crippen molar-refractivity contribution in [1.29, 1.82) is 0 Å². The minimum absolute atomic E-state index is 0.0398. The molecule has 1 unspecified atom stereocenters. The number of hydrogen-bond donors (Lipinski definition) is 0. The first-order chi connectivity index (χ1) is 7.83. The van der Waals surface area contributed by atoms with E-state index in [1.165, 1.54) is 18.4 Å². The largest absolute Gasteiger partial charge is 0.342 e. The van der Waals surface area contributed by atoms with Gasteiger partial charge in [-0.05, 0) is 18.8 Å². The van der Waals surface area contributed by atoms with Gasteiger partial charge in [-0.15, -0.1) is 0 Å². The number of likely N-dealkylation sites (tertiary alicyclic amines) is 1. The van der Waals surface area contributed by atoms with Gasteiger partial charge in [0.15, 0.2) is 0 Å². The lowest BCUT2D eigenvalue weighted by molar-refractivity contribution is -0.132. The molecule has 0 aromatic carbocycles. The fourth-order valence-corrected chi connectivity index (χ4v) is 2.77. The molecule has 0 bridgehead atoms. The van der Waals surface area contributed by atoms with E-state index in [0.717, 1.165) is 25.9 Å². The highest BCUT2D eigenvalue weighted by atomic mass is 32.2. The van der Waals surface area contributed by atoms with Crippen molar-refractivity contribution in [2.75, 3.05) is 32.9 Å². The second kappa shape index (κ2) is 5.82. The number of nitrogens with zero attached hydrogens (tertiary/aromatic N) is 2. The Morgan fingerprint density at radius 3 is 2.59 bits per heavy atom. The summed E-state index contributed by atoms with van der Waals surface area (Å²) in [4.78, 5) is 13.6. The maximum Gasteiger partial charge on any atom is 0.223 e. The van der Waals surface area contributed by atoms with E-state index < -0.39 is 10.0 Å². The molecule has 5 nitrogen and oxygen atoms in total. The van der Waals surface area contributed by atoms with Crippen molar-refractivity contribution in [3.05, 3.63) is 0 Å². The molecule has 1 saturated heterocycles. The zero-order chi connectivity index (χ0) is 13.1. The predicted octanol–water partition coefficient (Wildman–Crippen LogP) is 0.526. The zero-order valence-electron chi connectivity index (χ0n) is 10.8. The molecule has 0 aliphatic carbocycles. The van der Waals surface area contributed by atoms with Crippen molar-refractivity contribution in [2.24, 2.45) is 5.92 Å². The summed E-state index contributed by atoms with van der Waals surface area (Å²) in [7, 11) is -0.282. The van der Waals surface area contributed by atoms with Gasteiger partial charge in [-0.25, -0.2) is 12.7 Å². The van der Waals surface area contributed by atoms with Crippen molar-refractivity contribution in [1.82, 2.24) is 9.21 Å². The van der Waals surface area contributed by atoms with Gasteiger partial charge < -0.3 is 4.90 Å². The van der Waals surface area contributed by atoms with Crippen molar-refractivity contribution >= 4 is 15.9 Å². The lowest BCUT2D eigenvalue weighted by Gasteiger charge is -2.31. The molecule has 6 heteroatoms. The first kappa shape index (κ1) is 14.4. The number of rotatable bonds is 4. The Labute approximate surface area is 104 Å². The minimum atomic E-state index is -3.26. The highest BCUT2D eigenvalue weighted by Crippen LogP contribution is 2.16. The molecule has 0 spiro atoms. The Hall–Kier alpha value is -0.620. The van der Waals surface area contributed by atoms with Crippen molar-refractivity contribution in [2.45, 2.75) is 26.2 Å². The molecule has 0 aromatic heterocycles. The molecule has 0 N–H and O–H groups in total. The Bertz CT molecular complexity index is 365. The number of sulfonamides is 1. The Morgan fingerprint density at radius 1 is 1.41 bits per heavy atom. The van der Waals surface area contributed by atoms with Gasteiger partial charge in [0.05, 0.1) is 5.75 Å². The van der Waals surface area contributed by atoms with Crippen LogP contribution in [0.2, 0.25) is 0 Å². The van der Waals surface area contributed by atoms with Crippen LogP contribution in [0.25, 0.3) is 0 Å². The van der Waals surface area contributed by atoms with Crippen LogP contribution in [-0.2, 0) is 14.8 Å². The van der Waals surface area contributed by atoms with E-state index in [4.69, 9.17) is 0 Å². The summed E-state index contributed by atoms with van der Waals surface area (Å²) in [6.45, 7) is 3.65. The van der Waals surface area contributed by atoms with Crippen LogP contribution in [0.4, 0.5) is 0 Å². The number of hydrogen-bond acceptors (Lipinski definition) is 3. The molecule has 1 aliphatic heterocycles. The number of carbonyl (C=O) groups excluding carboxylic acids is 1. The molecule has 0 aromatic rings. The topological polar surface area (TPSA) is 57.7 Å². The molecule has 0 saturated carbocycles. The monoisotopic (exact) mass is 262 g/mol. The van der Waals surface area contributed by atoms with Crippen LogP contribution < -0.4 is 0 Å². The van der Waals surface area contributed by atoms with Gasteiger partial charge in [0.1, 0.15) is 0 Å². The van der Waals surface area contributed by atoms with Gasteiger partial charge in [0.2, 0.25) is 15.9 Å². The van der Waals surface area contributed by atoms with Crippen LogP contribution >= 0.6 is 0 Å². The third-order valence-electron chi connectivity index (χ3n) is 3.14. The van der Waals surface area contributed by atoms with E-state index in [-0.39, 0.29) is 18.1 Å². The predicted molar refractivity (Wildman–Crippen MR) is 67.1 cm³/mol. The molecule has 1 amide bonds. The summed E-state index contributed by atoms with van der Waals surface area (Å²) in [5, 5.41) is 0. The smallest absolute Gasteiger partial charge is 0.223 e. The number of piperidine rings is 1. The van der Waals surface area contributed by atoms with E-state index in [1.807, 2.05) is 0 Å². The molecule has 1 atom stereocenters. The summed E-state index contributed by atoms with van der Waals surface area (Å²) in [6, 6.07) is 0. The summed E-state index contributed by atoms with van der Waals surface area (Å²) in [5.74, 6) is 0.393. The minimum Gasteiger partial charge on any atom is -0.342 e. The van der Waals surface area contributed by atoms with Crippen LogP contribution in [0.15, 0.2) is 0 Å². The fourth-order valence-electron chi connectivity index (χ4n) is 1.97. The number of amides is 1. The SMILES string of the molecule is CC1CCCN(C(=O)CCS(=O)(=O)N(C)C)C1. The fraction of sp³-hybridized carbons (Fsp3) is 0.909. The first-order valence-corrected chi connectivity index (χ1v) is 7.62. The van der Waals surface area contributed by atoms with Crippen LogP contribution in [0.1, 0.15) is 26.2 Å². The molecular formula is C11H22N2O3S. The van der Waals surface area contributed by atoms with Gasteiger partial charge in [0, 0.05) is 33.6 Å². The second-order valence-electron chi connectivity index (χ2n) is 4.94. The van der Waals surface area contributed by atoms with Gasteiger partial charge in [-0.2, -0.15) is 0 Å². The van der Waals surface area contributed by atoms with Gasteiger partial charge in [-0.3, -0.25) is 4.79 Å². The van der Waals surface area contributed by atoms with Gasteiger partial charge in [0.25, 0.3) is 0 Å². The van der Waals surface area contributed by atoms with Gasteiger partial charge in [-0.1, -0.05) is 6.92 Å². The van der Waals surface area contributed by atoms with E-state index >= 15 is 0 Å². The third kappa shape index (κ3) is 4.27. The summed E-state index contributed by atoms with van der Waals surface area (Å²) >= 11 is 0. The first-order valence-electron chi connectivity index (χ1n) is 6.01. The van der Waals surface area contributed by atoms with E-state index in [2.05, 4.69) is 6.92 Å². The molecule has 1 heterocycles. The van der Waals surface area contributed by atoms with E-state index in [1.54, 1.807) is 4.90 Å². The van der Waals surface area contributed by atoms with Crippen LogP contribution in [0.3, 0.4) is 0 Å². The molecule has 17 heavy (non-hydrogen) atoms.